The first kappa shape index (κ1) is 12.8. The van der Waals surface area contributed by atoms with Gasteiger partial charge in [-0.25, -0.2) is 0 Å². The van der Waals surface area contributed by atoms with Crippen molar-refractivity contribution in [2.75, 3.05) is 11.1 Å². The first-order valence-electron chi connectivity index (χ1n) is 5.95. The van der Waals surface area contributed by atoms with E-state index in [0.29, 0.717) is 10.7 Å². The van der Waals surface area contributed by atoms with Gasteiger partial charge in [0.25, 0.3) is 0 Å². The van der Waals surface area contributed by atoms with E-state index < -0.39 is 0 Å². The zero-order chi connectivity index (χ0) is 13.1. The molecule has 2 rings (SSSR count). The molecule has 3 N–H and O–H groups in total. The van der Waals surface area contributed by atoms with E-state index in [1.165, 1.54) is 11.1 Å². The molecule has 2 aromatic rings. The van der Waals surface area contributed by atoms with E-state index in [4.69, 9.17) is 17.3 Å². The molecule has 0 saturated heterocycles. The largest absolute Gasteiger partial charge is 0.399 e. The number of aryl methyl sites for hydroxylation is 1. The highest BCUT2D eigenvalue weighted by atomic mass is 35.5. The number of nitrogens with one attached hydrogen (secondary N) is 1. The van der Waals surface area contributed by atoms with Gasteiger partial charge in [-0.1, -0.05) is 35.9 Å². The van der Waals surface area contributed by atoms with Gasteiger partial charge < -0.3 is 11.1 Å². The lowest BCUT2D eigenvalue weighted by Gasteiger charge is -2.18. The fraction of sp³-hybridized carbons (Fsp3) is 0.200. The average Bonchev–Trinajstić information content (AvgIpc) is 2.33. The molecule has 2 nitrogen and oxygen atoms in total. The van der Waals surface area contributed by atoms with Gasteiger partial charge >= 0.3 is 0 Å². The second-order valence-electron chi connectivity index (χ2n) is 4.46. The van der Waals surface area contributed by atoms with Gasteiger partial charge in [-0.05, 0) is 43.2 Å². The summed E-state index contributed by atoms with van der Waals surface area (Å²) in [6.07, 6.45) is 0. The van der Waals surface area contributed by atoms with Crippen LogP contribution in [-0.2, 0) is 0 Å². The minimum atomic E-state index is 0.201. The lowest BCUT2D eigenvalue weighted by molar-refractivity contribution is 0.874. The predicted molar refractivity (Wildman–Crippen MR) is 79.1 cm³/mol. The second kappa shape index (κ2) is 5.32. The van der Waals surface area contributed by atoms with Crippen molar-refractivity contribution in [1.29, 1.82) is 0 Å². The van der Waals surface area contributed by atoms with E-state index in [0.717, 1.165) is 5.69 Å². The van der Waals surface area contributed by atoms with Crippen molar-refractivity contribution in [1.82, 2.24) is 0 Å². The molecular weight excluding hydrogens is 244 g/mol. The predicted octanol–water partition coefficient (Wildman–Crippen LogP) is 4.40. The average molecular weight is 261 g/mol. The van der Waals surface area contributed by atoms with Crippen LogP contribution in [0.5, 0.6) is 0 Å². The molecule has 94 valence electrons. The SMILES string of the molecule is Cc1ccccc1C(C)Nc1ccc(N)cc1Cl. The van der Waals surface area contributed by atoms with Crippen LogP contribution in [0, 0.1) is 6.92 Å². The molecule has 18 heavy (non-hydrogen) atoms. The Bertz CT molecular complexity index is 552. The van der Waals surface area contributed by atoms with Gasteiger partial charge in [0, 0.05) is 11.7 Å². The number of hydrogen-bond acceptors (Lipinski definition) is 2. The summed E-state index contributed by atoms with van der Waals surface area (Å²) in [5.74, 6) is 0. The Balaban J connectivity index is 2.21. The van der Waals surface area contributed by atoms with Crippen LogP contribution in [0.2, 0.25) is 5.02 Å². The number of halogens is 1. The van der Waals surface area contributed by atoms with Crippen LogP contribution in [0.4, 0.5) is 11.4 Å². The van der Waals surface area contributed by atoms with E-state index >= 15 is 0 Å². The van der Waals surface area contributed by atoms with Crippen LogP contribution in [0.1, 0.15) is 24.1 Å². The Morgan fingerprint density at radius 2 is 1.89 bits per heavy atom. The molecule has 0 amide bonds. The summed E-state index contributed by atoms with van der Waals surface area (Å²) in [5.41, 5.74) is 9.80. The molecule has 1 unspecified atom stereocenters. The van der Waals surface area contributed by atoms with Gasteiger partial charge in [0.2, 0.25) is 0 Å². The summed E-state index contributed by atoms with van der Waals surface area (Å²) in [5, 5.41) is 4.06. The maximum absolute atomic E-state index is 6.16. The smallest absolute Gasteiger partial charge is 0.0658 e. The third kappa shape index (κ3) is 2.77. The Hall–Kier alpha value is -1.67. The van der Waals surface area contributed by atoms with E-state index in [-0.39, 0.29) is 6.04 Å². The lowest BCUT2D eigenvalue weighted by Crippen LogP contribution is -2.08. The number of rotatable bonds is 3. The normalized spacial score (nSPS) is 12.2. The zero-order valence-electron chi connectivity index (χ0n) is 10.6. The van der Waals surface area contributed by atoms with Crippen molar-refractivity contribution >= 4 is 23.0 Å². The third-order valence-electron chi connectivity index (χ3n) is 3.02. The summed E-state index contributed by atoms with van der Waals surface area (Å²) in [6.45, 7) is 4.23. The Kier molecular flexibility index (Phi) is 3.78. The number of anilines is 2. The molecule has 0 heterocycles. The number of nitrogen functional groups attached to an aromatic ring is 1. The highest BCUT2D eigenvalue weighted by Crippen LogP contribution is 2.28. The molecule has 0 fully saturated rings. The quantitative estimate of drug-likeness (QED) is 0.803. The van der Waals surface area contributed by atoms with E-state index in [2.05, 4.69) is 31.3 Å². The summed E-state index contributed by atoms with van der Waals surface area (Å²) >= 11 is 6.16. The first-order valence-corrected chi connectivity index (χ1v) is 6.33. The van der Waals surface area contributed by atoms with Gasteiger partial charge in [0.05, 0.1) is 10.7 Å². The van der Waals surface area contributed by atoms with Crippen molar-refractivity contribution < 1.29 is 0 Å². The molecule has 0 radical (unpaired) electrons. The monoisotopic (exact) mass is 260 g/mol. The number of nitrogens with two attached hydrogens (primary N) is 1. The Labute approximate surface area is 113 Å². The summed E-state index contributed by atoms with van der Waals surface area (Å²) in [4.78, 5) is 0. The summed E-state index contributed by atoms with van der Waals surface area (Å²) in [7, 11) is 0. The molecule has 3 heteroatoms. The topological polar surface area (TPSA) is 38.0 Å². The molecule has 2 aromatic carbocycles. The van der Waals surface area contributed by atoms with Gasteiger partial charge in [-0.3, -0.25) is 0 Å². The maximum Gasteiger partial charge on any atom is 0.0658 e. The highest BCUT2D eigenvalue weighted by Gasteiger charge is 2.09. The van der Waals surface area contributed by atoms with Crippen LogP contribution in [0.3, 0.4) is 0 Å². The van der Waals surface area contributed by atoms with Gasteiger partial charge in [0.15, 0.2) is 0 Å². The molecule has 0 aliphatic heterocycles. The van der Waals surface area contributed by atoms with Gasteiger partial charge in [-0.2, -0.15) is 0 Å². The second-order valence-corrected chi connectivity index (χ2v) is 4.87. The molecule has 0 aliphatic carbocycles. The van der Waals surface area contributed by atoms with Crippen LogP contribution in [0.25, 0.3) is 0 Å². The summed E-state index contributed by atoms with van der Waals surface area (Å²) in [6, 6.07) is 14.0. The Morgan fingerprint density at radius 3 is 2.56 bits per heavy atom. The molecule has 0 aromatic heterocycles. The standard InChI is InChI=1S/C15H17ClN2/c1-10-5-3-4-6-13(10)11(2)18-15-8-7-12(17)9-14(15)16/h3-9,11,18H,17H2,1-2H3. The van der Waals surface area contributed by atoms with Crippen molar-refractivity contribution in [3.05, 3.63) is 58.6 Å². The van der Waals surface area contributed by atoms with Crippen LogP contribution in [-0.4, -0.2) is 0 Å². The van der Waals surface area contributed by atoms with Crippen molar-refractivity contribution in [3.63, 3.8) is 0 Å². The number of hydrogen-bond donors (Lipinski definition) is 2. The molecule has 0 aliphatic rings. The minimum Gasteiger partial charge on any atom is -0.399 e. The van der Waals surface area contributed by atoms with E-state index in [1.54, 1.807) is 6.07 Å². The zero-order valence-corrected chi connectivity index (χ0v) is 11.3. The minimum absolute atomic E-state index is 0.201. The molecule has 1 atom stereocenters. The highest BCUT2D eigenvalue weighted by molar-refractivity contribution is 6.33. The fourth-order valence-electron chi connectivity index (χ4n) is 2.03. The first-order chi connectivity index (χ1) is 8.58. The third-order valence-corrected chi connectivity index (χ3v) is 3.33. The van der Waals surface area contributed by atoms with Crippen LogP contribution >= 0.6 is 11.6 Å². The van der Waals surface area contributed by atoms with Gasteiger partial charge in [0.1, 0.15) is 0 Å². The molecule has 0 spiro atoms. The molecule has 0 bridgehead atoms. The van der Waals surface area contributed by atoms with Crippen molar-refractivity contribution in [3.8, 4) is 0 Å². The van der Waals surface area contributed by atoms with Crippen LogP contribution in [0.15, 0.2) is 42.5 Å². The van der Waals surface area contributed by atoms with Crippen molar-refractivity contribution in [2.24, 2.45) is 0 Å². The van der Waals surface area contributed by atoms with E-state index in [1.807, 2.05) is 24.3 Å². The maximum atomic E-state index is 6.16. The number of benzene rings is 2. The van der Waals surface area contributed by atoms with Crippen molar-refractivity contribution in [2.45, 2.75) is 19.9 Å². The molecule has 0 saturated carbocycles. The van der Waals surface area contributed by atoms with Gasteiger partial charge in [-0.15, -0.1) is 0 Å². The Morgan fingerprint density at radius 1 is 1.17 bits per heavy atom. The summed E-state index contributed by atoms with van der Waals surface area (Å²) < 4.78 is 0. The van der Waals surface area contributed by atoms with Crippen LogP contribution < -0.4 is 11.1 Å². The van der Waals surface area contributed by atoms with E-state index in [9.17, 15) is 0 Å². The lowest BCUT2D eigenvalue weighted by atomic mass is 10.0. The fourth-order valence-corrected chi connectivity index (χ4v) is 2.28. The molecular formula is C15H17ClN2.